The summed E-state index contributed by atoms with van der Waals surface area (Å²) >= 11 is 0. The highest BCUT2D eigenvalue weighted by Gasteiger charge is 2.21. The maximum absolute atomic E-state index is 13.5. The van der Waals surface area contributed by atoms with E-state index in [4.69, 9.17) is 0 Å². The summed E-state index contributed by atoms with van der Waals surface area (Å²) in [6.07, 6.45) is 7.71. The Labute approximate surface area is 115 Å². The summed E-state index contributed by atoms with van der Waals surface area (Å²) in [6, 6.07) is 5.93. The van der Waals surface area contributed by atoms with Crippen molar-refractivity contribution >= 4 is 5.69 Å². The Balaban J connectivity index is 1.76. The molecule has 0 spiro atoms. The Morgan fingerprint density at radius 2 is 1.84 bits per heavy atom. The van der Waals surface area contributed by atoms with Crippen molar-refractivity contribution in [1.82, 2.24) is 5.32 Å². The van der Waals surface area contributed by atoms with Crippen LogP contribution >= 0.6 is 0 Å². The van der Waals surface area contributed by atoms with E-state index in [-0.39, 0.29) is 5.82 Å². The topological polar surface area (TPSA) is 15.3 Å². The van der Waals surface area contributed by atoms with Crippen molar-refractivity contribution in [3.8, 4) is 0 Å². The largest absolute Gasteiger partial charge is 0.371 e. The molecule has 1 aliphatic heterocycles. The highest BCUT2D eigenvalue weighted by molar-refractivity contribution is 5.54. The van der Waals surface area contributed by atoms with Gasteiger partial charge in [-0.2, -0.15) is 0 Å². The maximum Gasteiger partial charge on any atom is 0.123 e. The molecule has 19 heavy (non-hydrogen) atoms. The Hall–Kier alpha value is -1.09. The summed E-state index contributed by atoms with van der Waals surface area (Å²) in [5.41, 5.74) is 2.35. The molecule has 1 aromatic carbocycles. The number of hydrogen-bond donors (Lipinski definition) is 1. The molecule has 0 bridgehead atoms. The monoisotopic (exact) mass is 262 g/mol. The zero-order valence-electron chi connectivity index (χ0n) is 11.5. The molecular formula is C16H23FN2. The quantitative estimate of drug-likeness (QED) is 0.894. The van der Waals surface area contributed by atoms with Crippen molar-refractivity contribution in [3.05, 3.63) is 29.6 Å². The first-order valence-electron chi connectivity index (χ1n) is 7.60. The van der Waals surface area contributed by atoms with Crippen molar-refractivity contribution in [2.45, 2.75) is 51.1 Å². The second-order valence-corrected chi connectivity index (χ2v) is 5.83. The van der Waals surface area contributed by atoms with E-state index in [2.05, 4.69) is 10.2 Å². The van der Waals surface area contributed by atoms with Crippen molar-refractivity contribution < 1.29 is 4.39 Å². The molecule has 104 valence electrons. The van der Waals surface area contributed by atoms with Crippen LogP contribution in [0.2, 0.25) is 0 Å². The maximum atomic E-state index is 13.5. The van der Waals surface area contributed by atoms with Crippen LogP contribution in [0, 0.1) is 5.82 Å². The fraction of sp³-hybridized carbons (Fsp3) is 0.625. The van der Waals surface area contributed by atoms with E-state index in [0.717, 1.165) is 25.2 Å². The zero-order chi connectivity index (χ0) is 13.1. The smallest absolute Gasteiger partial charge is 0.123 e. The average molecular weight is 262 g/mol. The van der Waals surface area contributed by atoms with Crippen LogP contribution in [-0.2, 0) is 6.54 Å². The van der Waals surface area contributed by atoms with Crippen LogP contribution in [0.4, 0.5) is 10.1 Å². The minimum Gasteiger partial charge on any atom is -0.371 e. The lowest BCUT2D eigenvalue weighted by Crippen LogP contribution is -2.26. The first-order chi connectivity index (χ1) is 9.33. The SMILES string of the molecule is Fc1ccc(N2CCCCCC2)c(CNC2CC2)c1. The second-order valence-electron chi connectivity index (χ2n) is 5.83. The van der Waals surface area contributed by atoms with Gasteiger partial charge in [0.2, 0.25) is 0 Å². The van der Waals surface area contributed by atoms with E-state index in [9.17, 15) is 4.39 Å². The van der Waals surface area contributed by atoms with Crippen LogP contribution in [0.3, 0.4) is 0 Å². The average Bonchev–Trinajstić information content (AvgIpc) is 3.24. The summed E-state index contributed by atoms with van der Waals surface area (Å²) in [5.74, 6) is -0.119. The molecular weight excluding hydrogens is 239 g/mol. The third-order valence-corrected chi connectivity index (χ3v) is 4.15. The predicted octanol–water partition coefficient (Wildman–Crippen LogP) is 3.46. The molecule has 1 N–H and O–H groups in total. The van der Waals surface area contributed by atoms with Gasteiger partial charge in [0.1, 0.15) is 5.82 Å². The summed E-state index contributed by atoms with van der Waals surface area (Å²) in [5, 5.41) is 3.50. The first kappa shape index (κ1) is 12.9. The van der Waals surface area contributed by atoms with Gasteiger partial charge in [0, 0.05) is 31.4 Å². The molecule has 0 amide bonds. The van der Waals surface area contributed by atoms with Gasteiger partial charge in [-0.3, -0.25) is 0 Å². The van der Waals surface area contributed by atoms with Crippen molar-refractivity contribution in [3.63, 3.8) is 0 Å². The Kier molecular flexibility index (Phi) is 4.02. The lowest BCUT2D eigenvalue weighted by molar-refractivity contribution is 0.618. The van der Waals surface area contributed by atoms with Gasteiger partial charge in [-0.1, -0.05) is 12.8 Å². The van der Waals surface area contributed by atoms with E-state index in [1.807, 2.05) is 6.07 Å². The van der Waals surface area contributed by atoms with Gasteiger partial charge >= 0.3 is 0 Å². The summed E-state index contributed by atoms with van der Waals surface area (Å²) in [7, 11) is 0. The fourth-order valence-corrected chi connectivity index (χ4v) is 2.86. The Morgan fingerprint density at radius 3 is 2.53 bits per heavy atom. The molecule has 0 radical (unpaired) electrons. The van der Waals surface area contributed by atoms with Crippen LogP contribution < -0.4 is 10.2 Å². The van der Waals surface area contributed by atoms with Crippen LogP contribution in [0.1, 0.15) is 44.1 Å². The standard InChI is InChI=1S/C16H23FN2/c17-14-5-8-16(19-9-3-1-2-4-10-19)13(11-14)12-18-15-6-7-15/h5,8,11,15,18H,1-4,6-7,9-10,12H2. The van der Waals surface area contributed by atoms with Crippen LogP contribution in [-0.4, -0.2) is 19.1 Å². The minimum atomic E-state index is -0.119. The summed E-state index contributed by atoms with van der Waals surface area (Å²) < 4.78 is 13.5. The molecule has 3 rings (SSSR count). The van der Waals surface area contributed by atoms with Crippen molar-refractivity contribution in [2.75, 3.05) is 18.0 Å². The highest BCUT2D eigenvalue weighted by Crippen LogP contribution is 2.26. The summed E-state index contributed by atoms with van der Waals surface area (Å²) in [6.45, 7) is 3.03. The van der Waals surface area contributed by atoms with Gasteiger partial charge in [-0.15, -0.1) is 0 Å². The Bertz CT molecular complexity index is 421. The highest BCUT2D eigenvalue weighted by atomic mass is 19.1. The van der Waals surface area contributed by atoms with Crippen LogP contribution in [0.25, 0.3) is 0 Å². The van der Waals surface area contributed by atoms with Gasteiger partial charge in [0.25, 0.3) is 0 Å². The van der Waals surface area contributed by atoms with E-state index in [1.54, 1.807) is 12.1 Å². The van der Waals surface area contributed by atoms with Crippen molar-refractivity contribution in [2.24, 2.45) is 0 Å². The van der Waals surface area contributed by atoms with Crippen LogP contribution in [0.15, 0.2) is 18.2 Å². The molecule has 1 heterocycles. The molecule has 0 unspecified atom stereocenters. The number of anilines is 1. The van der Waals surface area contributed by atoms with Crippen LogP contribution in [0.5, 0.6) is 0 Å². The zero-order valence-corrected chi connectivity index (χ0v) is 11.5. The molecule has 1 aliphatic carbocycles. The normalized spacial score (nSPS) is 20.4. The molecule has 1 saturated heterocycles. The van der Waals surface area contributed by atoms with E-state index < -0.39 is 0 Å². The van der Waals surface area contributed by atoms with Gasteiger partial charge in [0.15, 0.2) is 0 Å². The molecule has 2 aliphatic rings. The van der Waals surface area contributed by atoms with E-state index in [0.29, 0.717) is 6.04 Å². The Morgan fingerprint density at radius 1 is 1.11 bits per heavy atom. The first-order valence-corrected chi connectivity index (χ1v) is 7.60. The van der Waals surface area contributed by atoms with Gasteiger partial charge in [-0.25, -0.2) is 4.39 Å². The predicted molar refractivity (Wildman–Crippen MR) is 76.9 cm³/mol. The third-order valence-electron chi connectivity index (χ3n) is 4.15. The van der Waals surface area contributed by atoms with Crippen molar-refractivity contribution in [1.29, 1.82) is 0 Å². The lowest BCUT2D eigenvalue weighted by Gasteiger charge is -2.25. The van der Waals surface area contributed by atoms with Gasteiger partial charge in [0.05, 0.1) is 0 Å². The second kappa shape index (κ2) is 5.91. The van der Waals surface area contributed by atoms with E-state index >= 15 is 0 Å². The fourth-order valence-electron chi connectivity index (χ4n) is 2.86. The number of rotatable bonds is 4. The van der Waals surface area contributed by atoms with E-state index in [1.165, 1.54) is 44.2 Å². The molecule has 1 saturated carbocycles. The molecule has 0 aromatic heterocycles. The summed E-state index contributed by atoms with van der Waals surface area (Å²) in [4.78, 5) is 2.44. The van der Waals surface area contributed by atoms with Gasteiger partial charge in [-0.05, 0) is 49.4 Å². The molecule has 2 fully saturated rings. The molecule has 2 nitrogen and oxygen atoms in total. The number of hydrogen-bond acceptors (Lipinski definition) is 2. The lowest BCUT2D eigenvalue weighted by atomic mass is 10.1. The molecule has 3 heteroatoms. The minimum absolute atomic E-state index is 0.119. The van der Waals surface area contributed by atoms with Gasteiger partial charge < -0.3 is 10.2 Å². The number of nitrogens with zero attached hydrogens (tertiary/aromatic N) is 1. The molecule has 1 aromatic rings. The number of benzene rings is 1. The number of halogens is 1. The molecule has 0 atom stereocenters. The number of nitrogens with one attached hydrogen (secondary N) is 1. The third kappa shape index (κ3) is 3.47.